The number of hydrogen-bond acceptors (Lipinski definition) is 3. The van der Waals surface area contributed by atoms with Gasteiger partial charge in [-0.3, -0.25) is 4.79 Å². The number of fused-ring (bicyclic) bond motifs is 1. The van der Waals surface area contributed by atoms with Gasteiger partial charge in [0.2, 0.25) is 5.43 Å². The maximum atomic E-state index is 11.8. The van der Waals surface area contributed by atoms with Crippen LogP contribution in [0.1, 0.15) is 5.56 Å². The van der Waals surface area contributed by atoms with Gasteiger partial charge in [0, 0.05) is 16.5 Å². The molecule has 0 atom stereocenters. The molecular formula is C11H8N2OS. The molecular weight excluding hydrogens is 208 g/mol. The number of para-hydroxylation sites is 1. The van der Waals surface area contributed by atoms with E-state index in [9.17, 15) is 4.79 Å². The zero-order valence-corrected chi connectivity index (χ0v) is 8.89. The van der Waals surface area contributed by atoms with Gasteiger partial charge in [0.15, 0.2) is 0 Å². The lowest BCUT2D eigenvalue weighted by molar-refractivity contribution is 1.31. The number of thioether (sulfide) groups is 1. The van der Waals surface area contributed by atoms with Crippen LogP contribution in [0.25, 0.3) is 10.9 Å². The van der Waals surface area contributed by atoms with E-state index in [1.165, 1.54) is 6.20 Å². The van der Waals surface area contributed by atoms with Crippen molar-refractivity contribution in [2.75, 3.05) is 6.26 Å². The Morgan fingerprint density at radius 1 is 1.47 bits per heavy atom. The summed E-state index contributed by atoms with van der Waals surface area (Å²) in [6.45, 7) is 0. The number of nitrogens with zero attached hydrogens (tertiary/aromatic N) is 1. The summed E-state index contributed by atoms with van der Waals surface area (Å²) >= 11 is 1.57. The van der Waals surface area contributed by atoms with Crippen LogP contribution in [0, 0.1) is 11.3 Å². The van der Waals surface area contributed by atoms with Crippen molar-refractivity contribution in [1.29, 1.82) is 5.26 Å². The van der Waals surface area contributed by atoms with Crippen molar-refractivity contribution in [1.82, 2.24) is 4.98 Å². The van der Waals surface area contributed by atoms with Gasteiger partial charge < -0.3 is 4.98 Å². The lowest BCUT2D eigenvalue weighted by atomic mass is 10.1. The Balaban J connectivity index is 2.92. The number of benzene rings is 1. The van der Waals surface area contributed by atoms with E-state index >= 15 is 0 Å². The summed E-state index contributed by atoms with van der Waals surface area (Å²) in [5.74, 6) is 0. The van der Waals surface area contributed by atoms with Crippen molar-refractivity contribution in [2.45, 2.75) is 4.90 Å². The van der Waals surface area contributed by atoms with Crippen LogP contribution in [0.15, 0.2) is 34.1 Å². The molecule has 1 aromatic heterocycles. The van der Waals surface area contributed by atoms with E-state index in [0.29, 0.717) is 5.39 Å². The van der Waals surface area contributed by atoms with Crippen molar-refractivity contribution >= 4 is 22.7 Å². The molecule has 0 aliphatic rings. The molecule has 2 rings (SSSR count). The average Bonchev–Trinajstić information content (AvgIpc) is 2.29. The molecule has 0 spiro atoms. The zero-order valence-electron chi connectivity index (χ0n) is 8.07. The molecule has 15 heavy (non-hydrogen) atoms. The van der Waals surface area contributed by atoms with Gasteiger partial charge >= 0.3 is 0 Å². The van der Waals surface area contributed by atoms with Crippen molar-refractivity contribution in [2.24, 2.45) is 0 Å². The van der Waals surface area contributed by atoms with Gasteiger partial charge in [-0.25, -0.2) is 0 Å². The monoisotopic (exact) mass is 216 g/mol. The maximum Gasteiger partial charge on any atom is 0.207 e. The topological polar surface area (TPSA) is 56.6 Å². The minimum absolute atomic E-state index is 0.153. The highest BCUT2D eigenvalue weighted by atomic mass is 32.2. The Morgan fingerprint density at radius 3 is 2.93 bits per heavy atom. The van der Waals surface area contributed by atoms with E-state index in [0.717, 1.165) is 10.4 Å². The van der Waals surface area contributed by atoms with Gasteiger partial charge in [0.1, 0.15) is 11.6 Å². The fourth-order valence-electron chi connectivity index (χ4n) is 1.48. The molecule has 1 N–H and O–H groups in total. The summed E-state index contributed by atoms with van der Waals surface area (Å²) in [5.41, 5.74) is 0.747. The number of aromatic amines is 1. The largest absolute Gasteiger partial charge is 0.359 e. The zero-order chi connectivity index (χ0) is 10.8. The summed E-state index contributed by atoms with van der Waals surface area (Å²) < 4.78 is 0. The van der Waals surface area contributed by atoms with E-state index in [4.69, 9.17) is 5.26 Å². The molecule has 0 bridgehead atoms. The third-order valence-corrected chi connectivity index (χ3v) is 3.00. The first kappa shape index (κ1) is 9.81. The van der Waals surface area contributed by atoms with Crippen LogP contribution in [0.4, 0.5) is 0 Å². The van der Waals surface area contributed by atoms with E-state index in [1.54, 1.807) is 17.8 Å². The average molecular weight is 216 g/mol. The van der Waals surface area contributed by atoms with Crippen LogP contribution < -0.4 is 5.43 Å². The second kappa shape index (κ2) is 3.79. The first-order valence-corrected chi connectivity index (χ1v) is 5.59. The van der Waals surface area contributed by atoms with Crippen molar-refractivity contribution in [3.63, 3.8) is 0 Å². The molecule has 74 valence electrons. The molecule has 0 fully saturated rings. The molecule has 0 aliphatic heterocycles. The number of H-pyrrole nitrogens is 1. The smallest absolute Gasteiger partial charge is 0.207 e. The Morgan fingerprint density at radius 2 is 2.27 bits per heavy atom. The quantitative estimate of drug-likeness (QED) is 0.743. The maximum absolute atomic E-state index is 11.8. The van der Waals surface area contributed by atoms with Crippen LogP contribution in [0.3, 0.4) is 0 Å². The molecule has 0 unspecified atom stereocenters. The highest BCUT2D eigenvalue weighted by molar-refractivity contribution is 7.98. The van der Waals surface area contributed by atoms with E-state index in [2.05, 4.69) is 4.98 Å². The summed E-state index contributed by atoms with van der Waals surface area (Å²) in [5, 5.41) is 9.30. The molecule has 0 saturated carbocycles. The number of nitriles is 1. The number of pyridine rings is 1. The van der Waals surface area contributed by atoms with Gasteiger partial charge in [-0.05, 0) is 18.4 Å². The summed E-state index contributed by atoms with van der Waals surface area (Å²) in [6.07, 6.45) is 3.41. The minimum Gasteiger partial charge on any atom is -0.359 e. The number of aromatic nitrogens is 1. The summed E-state index contributed by atoms with van der Waals surface area (Å²) in [4.78, 5) is 15.8. The van der Waals surface area contributed by atoms with E-state index < -0.39 is 0 Å². The lowest BCUT2D eigenvalue weighted by Gasteiger charge is -2.02. The molecule has 3 nitrogen and oxygen atoms in total. The van der Waals surface area contributed by atoms with Crippen LogP contribution in [-0.2, 0) is 0 Å². The van der Waals surface area contributed by atoms with Crippen LogP contribution in [-0.4, -0.2) is 11.2 Å². The van der Waals surface area contributed by atoms with E-state index in [-0.39, 0.29) is 11.0 Å². The first-order valence-electron chi connectivity index (χ1n) is 4.36. The Kier molecular flexibility index (Phi) is 2.48. The Hall–Kier alpha value is -1.73. The summed E-state index contributed by atoms with van der Waals surface area (Å²) in [7, 11) is 0. The molecule has 1 heterocycles. The molecule has 0 aliphatic carbocycles. The third-order valence-electron chi connectivity index (χ3n) is 2.22. The van der Waals surface area contributed by atoms with Gasteiger partial charge in [-0.2, -0.15) is 5.26 Å². The molecule has 4 heteroatoms. The highest BCUT2D eigenvalue weighted by Crippen LogP contribution is 2.22. The standard InChI is InChI=1S/C11H8N2OS/c1-15-9-4-2-3-8-10(9)13-6-7(5-12)11(8)14/h2-4,6H,1H3,(H,13,14). The molecule has 0 amide bonds. The Bertz CT molecular complexity index is 610. The van der Waals surface area contributed by atoms with Gasteiger partial charge in [-0.15, -0.1) is 11.8 Å². The van der Waals surface area contributed by atoms with Crippen molar-refractivity contribution in [3.05, 3.63) is 40.2 Å². The van der Waals surface area contributed by atoms with Crippen molar-refractivity contribution in [3.8, 4) is 6.07 Å². The molecule has 0 radical (unpaired) electrons. The second-order valence-corrected chi connectivity index (χ2v) is 3.87. The number of rotatable bonds is 1. The minimum atomic E-state index is -0.206. The van der Waals surface area contributed by atoms with Gasteiger partial charge in [0.05, 0.1) is 5.52 Å². The normalized spacial score (nSPS) is 10.1. The third kappa shape index (κ3) is 1.51. The Labute approximate surface area is 90.7 Å². The van der Waals surface area contributed by atoms with Crippen LogP contribution in [0.5, 0.6) is 0 Å². The fourth-order valence-corrected chi connectivity index (χ4v) is 2.07. The van der Waals surface area contributed by atoms with Crippen molar-refractivity contribution < 1.29 is 0 Å². The van der Waals surface area contributed by atoms with Crippen LogP contribution >= 0.6 is 11.8 Å². The lowest BCUT2D eigenvalue weighted by Crippen LogP contribution is -2.07. The fraction of sp³-hybridized carbons (Fsp3) is 0.0909. The molecule has 1 aromatic carbocycles. The second-order valence-electron chi connectivity index (χ2n) is 3.03. The van der Waals surface area contributed by atoms with E-state index in [1.807, 2.05) is 24.5 Å². The number of nitrogens with one attached hydrogen (secondary N) is 1. The molecule has 2 aromatic rings. The van der Waals surface area contributed by atoms with Gasteiger partial charge in [-0.1, -0.05) is 6.07 Å². The summed E-state index contributed by atoms with van der Waals surface area (Å²) in [6, 6.07) is 7.37. The highest BCUT2D eigenvalue weighted by Gasteiger charge is 2.06. The first-order chi connectivity index (χ1) is 7.27. The van der Waals surface area contributed by atoms with Crippen LogP contribution in [0.2, 0.25) is 0 Å². The van der Waals surface area contributed by atoms with Gasteiger partial charge in [0.25, 0.3) is 0 Å². The number of hydrogen-bond donors (Lipinski definition) is 1. The predicted molar refractivity (Wildman–Crippen MR) is 61.1 cm³/mol. The molecule has 0 saturated heterocycles. The SMILES string of the molecule is CSc1cccc2c(=O)c(C#N)c[nH]c12. The predicted octanol–water partition coefficient (Wildman–Crippen LogP) is 2.12.